The summed E-state index contributed by atoms with van der Waals surface area (Å²) in [4.78, 5) is 4.13. The maximum atomic E-state index is 5.68. The number of aryl methyl sites for hydroxylation is 1. The number of nitrogens with one attached hydrogen (secondary N) is 1. The molecule has 1 aromatic heterocycles. The van der Waals surface area contributed by atoms with E-state index in [4.69, 9.17) is 5.84 Å². The van der Waals surface area contributed by atoms with Gasteiger partial charge in [0.2, 0.25) is 0 Å². The van der Waals surface area contributed by atoms with Crippen molar-refractivity contribution in [2.75, 3.05) is 0 Å². The van der Waals surface area contributed by atoms with Gasteiger partial charge in [-0.1, -0.05) is 40.2 Å². The number of hydrogen-bond donors (Lipinski definition) is 2. The van der Waals surface area contributed by atoms with Gasteiger partial charge >= 0.3 is 0 Å². The van der Waals surface area contributed by atoms with E-state index in [2.05, 4.69) is 51.5 Å². The van der Waals surface area contributed by atoms with Crippen LogP contribution >= 0.6 is 15.9 Å². The van der Waals surface area contributed by atoms with E-state index < -0.39 is 0 Å². The van der Waals surface area contributed by atoms with Gasteiger partial charge in [0.25, 0.3) is 0 Å². The summed E-state index contributed by atoms with van der Waals surface area (Å²) in [6, 6.07) is 10.3. The molecule has 3 N–H and O–H groups in total. The van der Waals surface area contributed by atoms with E-state index in [0.717, 1.165) is 16.5 Å². The predicted molar refractivity (Wildman–Crippen MR) is 76.9 cm³/mol. The van der Waals surface area contributed by atoms with Gasteiger partial charge in [-0.25, -0.2) is 0 Å². The molecule has 0 spiro atoms. The number of pyridine rings is 1. The summed E-state index contributed by atoms with van der Waals surface area (Å²) in [5, 5.41) is 0. The number of nitrogens with two attached hydrogens (primary N) is 1. The highest BCUT2D eigenvalue weighted by molar-refractivity contribution is 9.10. The van der Waals surface area contributed by atoms with Gasteiger partial charge in [0.15, 0.2) is 0 Å². The summed E-state index contributed by atoms with van der Waals surface area (Å²) >= 11 is 3.62. The fraction of sp³-hybridized carbons (Fsp3) is 0.214. The SMILES string of the molecule is Cc1cccc(C(Cc2cccnc2)NN)c1Br. The normalized spacial score (nSPS) is 12.4. The standard InChI is InChI=1S/C14H16BrN3/c1-10-4-2-6-12(14(10)15)13(18-16)8-11-5-3-7-17-9-11/h2-7,9,13,18H,8,16H2,1H3. The predicted octanol–water partition coefficient (Wildman–Crippen LogP) is 2.90. The van der Waals surface area contributed by atoms with Crippen molar-refractivity contribution in [2.45, 2.75) is 19.4 Å². The van der Waals surface area contributed by atoms with E-state index >= 15 is 0 Å². The summed E-state index contributed by atoms with van der Waals surface area (Å²) in [5.41, 5.74) is 6.41. The van der Waals surface area contributed by atoms with Crippen LogP contribution in [-0.4, -0.2) is 4.98 Å². The second-order valence-corrected chi connectivity index (χ2v) is 5.06. The maximum absolute atomic E-state index is 5.68. The number of nitrogens with zero attached hydrogens (tertiary/aromatic N) is 1. The Morgan fingerprint density at radius 1 is 1.33 bits per heavy atom. The fourth-order valence-corrected chi connectivity index (χ4v) is 2.49. The molecule has 0 aliphatic carbocycles. The van der Waals surface area contributed by atoms with Crippen LogP contribution in [0.2, 0.25) is 0 Å². The third kappa shape index (κ3) is 2.96. The van der Waals surface area contributed by atoms with E-state index in [1.54, 1.807) is 6.20 Å². The zero-order chi connectivity index (χ0) is 13.0. The molecule has 0 bridgehead atoms. The zero-order valence-corrected chi connectivity index (χ0v) is 11.8. The molecule has 94 valence electrons. The first-order valence-electron chi connectivity index (χ1n) is 5.82. The Kier molecular flexibility index (Phi) is 4.47. The van der Waals surface area contributed by atoms with E-state index in [9.17, 15) is 0 Å². The van der Waals surface area contributed by atoms with Crippen LogP contribution in [0.25, 0.3) is 0 Å². The van der Waals surface area contributed by atoms with Crippen LogP contribution in [0, 0.1) is 6.92 Å². The van der Waals surface area contributed by atoms with Crippen LogP contribution in [0.4, 0.5) is 0 Å². The number of hydrazine groups is 1. The second-order valence-electron chi connectivity index (χ2n) is 4.26. The van der Waals surface area contributed by atoms with Crippen LogP contribution in [0.3, 0.4) is 0 Å². The lowest BCUT2D eigenvalue weighted by molar-refractivity contribution is 0.549. The van der Waals surface area contributed by atoms with E-state index in [1.165, 1.54) is 11.1 Å². The highest BCUT2D eigenvalue weighted by atomic mass is 79.9. The van der Waals surface area contributed by atoms with Gasteiger partial charge in [-0.3, -0.25) is 16.3 Å². The Labute approximate surface area is 116 Å². The first kappa shape index (κ1) is 13.2. The highest BCUT2D eigenvalue weighted by Gasteiger charge is 2.14. The Bertz CT molecular complexity index is 514. The number of hydrogen-bond acceptors (Lipinski definition) is 3. The maximum Gasteiger partial charge on any atom is 0.0512 e. The summed E-state index contributed by atoms with van der Waals surface area (Å²) < 4.78 is 1.11. The van der Waals surface area contributed by atoms with E-state index in [-0.39, 0.29) is 6.04 Å². The number of halogens is 1. The van der Waals surface area contributed by atoms with Crippen LogP contribution in [0.5, 0.6) is 0 Å². The lowest BCUT2D eigenvalue weighted by Gasteiger charge is -2.18. The van der Waals surface area contributed by atoms with Crippen molar-refractivity contribution >= 4 is 15.9 Å². The molecule has 2 aromatic rings. The largest absolute Gasteiger partial charge is 0.271 e. The topological polar surface area (TPSA) is 50.9 Å². The van der Waals surface area contributed by atoms with Crippen molar-refractivity contribution < 1.29 is 0 Å². The molecule has 0 saturated carbocycles. The van der Waals surface area contributed by atoms with Crippen molar-refractivity contribution in [1.29, 1.82) is 0 Å². The lowest BCUT2D eigenvalue weighted by Crippen LogP contribution is -2.30. The van der Waals surface area contributed by atoms with Gasteiger partial charge in [-0.05, 0) is 36.1 Å². The Hall–Kier alpha value is -1.23. The lowest BCUT2D eigenvalue weighted by atomic mass is 9.99. The molecule has 0 amide bonds. The molecule has 1 atom stereocenters. The molecule has 2 rings (SSSR count). The van der Waals surface area contributed by atoms with Gasteiger partial charge in [-0.15, -0.1) is 0 Å². The highest BCUT2D eigenvalue weighted by Crippen LogP contribution is 2.28. The monoisotopic (exact) mass is 305 g/mol. The zero-order valence-electron chi connectivity index (χ0n) is 10.2. The molecule has 1 heterocycles. The average Bonchev–Trinajstić information content (AvgIpc) is 2.41. The molecule has 1 aromatic carbocycles. The van der Waals surface area contributed by atoms with Crippen molar-refractivity contribution in [3.05, 3.63) is 63.9 Å². The molecular weight excluding hydrogens is 290 g/mol. The van der Waals surface area contributed by atoms with Crippen LogP contribution in [0.1, 0.15) is 22.7 Å². The van der Waals surface area contributed by atoms with Crippen molar-refractivity contribution in [3.63, 3.8) is 0 Å². The van der Waals surface area contributed by atoms with Gasteiger partial charge in [0.1, 0.15) is 0 Å². The third-order valence-corrected chi connectivity index (χ3v) is 4.04. The summed E-state index contributed by atoms with van der Waals surface area (Å²) in [5.74, 6) is 5.68. The van der Waals surface area contributed by atoms with Crippen molar-refractivity contribution in [3.8, 4) is 0 Å². The van der Waals surface area contributed by atoms with Crippen molar-refractivity contribution in [2.24, 2.45) is 5.84 Å². The summed E-state index contributed by atoms with van der Waals surface area (Å²) in [6.07, 6.45) is 4.46. The molecule has 0 aliphatic heterocycles. The quantitative estimate of drug-likeness (QED) is 0.674. The van der Waals surface area contributed by atoms with E-state index in [1.807, 2.05) is 18.3 Å². The first-order chi connectivity index (χ1) is 8.72. The van der Waals surface area contributed by atoms with Gasteiger partial charge in [-0.2, -0.15) is 0 Å². The van der Waals surface area contributed by atoms with Gasteiger partial charge < -0.3 is 0 Å². The molecule has 3 nitrogen and oxygen atoms in total. The minimum absolute atomic E-state index is 0.0727. The Morgan fingerprint density at radius 2 is 2.17 bits per heavy atom. The van der Waals surface area contributed by atoms with Crippen LogP contribution < -0.4 is 11.3 Å². The second kappa shape index (κ2) is 6.09. The van der Waals surface area contributed by atoms with Gasteiger partial charge in [0, 0.05) is 16.9 Å². The Balaban J connectivity index is 2.26. The fourth-order valence-electron chi connectivity index (χ4n) is 1.95. The summed E-state index contributed by atoms with van der Waals surface area (Å²) in [7, 11) is 0. The van der Waals surface area contributed by atoms with Crippen LogP contribution in [-0.2, 0) is 6.42 Å². The smallest absolute Gasteiger partial charge is 0.0512 e. The van der Waals surface area contributed by atoms with Gasteiger partial charge in [0.05, 0.1) is 6.04 Å². The summed E-state index contributed by atoms with van der Waals surface area (Å²) in [6.45, 7) is 2.07. The molecule has 0 saturated heterocycles. The average molecular weight is 306 g/mol. The molecule has 18 heavy (non-hydrogen) atoms. The molecule has 1 unspecified atom stereocenters. The minimum Gasteiger partial charge on any atom is -0.271 e. The van der Waals surface area contributed by atoms with Crippen molar-refractivity contribution in [1.82, 2.24) is 10.4 Å². The molecule has 0 radical (unpaired) electrons. The molecule has 0 aliphatic rings. The third-order valence-electron chi connectivity index (χ3n) is 2.96. The van der Waals surface area contributed by atoms with E-state index in [0.29, 0.717) is 0 Å². The molecule has 4 heteroatoms. The minimum atomic E-state index is 0.0727. The number of aromatic nitrogens is 1. The first-order valence-corrected chi connectivity index (χ1v) is 6.61. The number of benzene rings is 1. The molecular formula is C14H16BrN3. The number of rotatable bonds is 4. The van der Waals surface area contributed by atoms with Crippen LogP contribution in [0.15, 0.2) is 47.2 Å². The molecule has 0 fully saturated rings. The Morgan fingerprint density at radius 3 is 2.83 bits per heavy atom.